The summed E-state index contributed by atoms with van der Waals surface area (Å²) in [6.07, 6.45) is 0.923. The van der Waals surface area contributed by atoms with Gasteiger partial charge >= 0.3 is 5.97 Å². The van der Waals surface area contributed by atoms with Crippen molar-refractivity contribution < 1.29 is 43.5 Å². The van der Waals surface area contributed by atoms with Gasteiger partial charge in [0.1, 0.15) is 29.7 Å². The lowest BCUT2D eigenvalue weighted by Gasteiger charge is -2.30. The molecule has 0 aromatic carbocycles. The summed E-state index contributed by atoms with van der Waals surface area (Å²) in [5.74, 6) is -7.56. The van der Waals surface area contributed by atoms with E-state index in [1.54, 1.807) is 0 Å². The van der Waals surface area contributed by atoms with E-state index in [0.717, 1.165) is 0 Å². The zero-order chi connectivity index (χ0) is 37.9. The molecular formula is C28H50N10O9S2. The number of thiol groups is 2. The van der Waals surface area contributed by atoms with Crippen LogP contribution in [-0.2, 0) is 38.4 Å². The van der Waals surface area contributed by atoms with Crippen molar-refractivity contribution in [2.45, 2.75) is 102 Å². The van der Waals surface area contributed by atoms with E-state index in [9.17, 15) is 43.5 Å². The molecule has 0 spiro atoms. The van der Waals surface area contributed by atoms with Gasteiger partial charge in [0.2, 0.25) is 41.4 Å². The van der Waals surface area contributed by atoms with Crippen molar-refractivity contribution in [3.63, 3.8) is 0 Å². The summed E-state index contributed by atoms with van der Waals surface area (Å²) in [4.78, 5) is 99.6. The molecule has 0 aromatic rings. The molecule has 0 unspecified atom stereocenters. The zero-order valence-electron chi connectivity index (χ0n) is 28.0. The Labute approximate surface area is 295 Å². The molecule has 7 amide bonds. The van der Waals surface area contributed by atoms with Crippen molar-refractivity contribution in [1.29, 1.82) is 5.41 Å². The SMILES string of the molecule is CCCC[C@H](NC(=O)[C@@H](N)CS)C(=O)N[C@@H](CCCNC(=N)NC(C)=O)C(=O)NC(C)(C)C(=O)N[C@@H](CC(N)=O)C(=O)N[C@@H](CS)C(=O)O. The van der Waals surface area contributed by atoms with Gasteiger partial charge in [-0.1, -0.05) is 19.8 Å². The molecule has 0 aromatic heterocycles. The van der Waals surface area contributed by atoms with Crippen LogP contribution < -0.4 is 48.7 Å². The number of guanidine groups is 1. The van der Waals surface area contributed by atoms with Crippen LogP contribution in [0.3, 0.4) is 0 Å². The molecule has 0 bridgehead atoms. The standard InChI is InChI=1S/C28H50N10O9S2/c1-5-6-8-16(34-21(41)15(29)12-48)22(42)35-17(9-7-10-32-27(31)33-14(2)39)24(44)38-28(3,4)26(47)37-18(11-20(30)40)23(43)36-19(13-49)25(45)46/h15-19,48-49H,5-13,29H2,1-4H3,(H2,30,40)(H,34,41)(H,35,42)(H,36,43)(H,37,47)(H,38,44)(H,45,46)(H3,31,32,33,39)/t15-,16-,17-,18-,19-/m0/s1. The second-order valence-electron chi connectivity index (χ2n) is 11.6. The number of primary amides is 1. The Hall–Kier alpha value is -4.11. The number of aliphatic carboxylic acids is 1. The first-order valence-electron chi connectivity index (χ1n) is 15.4. The van der Waals surface area contributed by atoms with Gasteiger partial charge in [-0.3, -0.25) is 44.3 Å². The average Bonchev–Trinajstić information content (AvgIpc) is 3.00. The van der Waals surface area contributed by atoms with Crippen LogP contribution in [0, 0.1) is 5.41 Å². The largest absolute Gasteiger partial charge is 0.480 e. The number of hydrogen-bond acceptors (Lipinski definition) is 12. The third-order valence-corrected chi connectivity index (χ3v) is 7.50. The molecule has 5 atom stereocenters. The summed E-state index contributed by atoms with van der Waals surface area (Å²) in [5.41, 5.74) is 9.20. The molecule has 0 fully saturated rings. The van der Waals surface area contributed by atoms with Crippen molar-refractivity contribution in [2.24, 2.45) is 11.5 Å². The first-order chi connectivity index (χ1) is 22.8. The Morgan fingerprint density at radius 2 is 1.33 bits per heavy atom. The van der Waals surface area contributed by atoms with Crippen LogP contribution in [0.2, 0.25) is 0 Å². The fraction of sp³-hybridized carbons (Fsp3) is 0.679. The Bertz CT molecular complexity index is 1220. The van der Waals surface area contributed by atoms with Gasteiger partial charge in [-0.2, -0.15) is 25.3 Å². The predicted octanol–water partition coefficient (Wildman–Crippen LogP) is -3.40. The van der Waals surface area contributed by atoms with Crippen LogP contribution in [0.15, 0.2) is 0 Å². The van der Waals surface area contributed by atoms with E-state index >= 15 is 0 Å². The van der Waals surface area contributed by atoms with Crippen molar-refractivity contribution in [3.05, 3.63) is 0 Å². The Kier molecular flexibility index (Phi) is 20.6. The van der Waals surface area contributed by atoms with Crippen LogP contribution in [0.25, 0.3) is 0 Å². The zero-order valence-corrected chi connectivity index (χ0v) is 29.8. The molecule has 19 nitrogen and oxygen atoms in total. The van der Waals surface area contributed by atoms with Crippen molar-refractivity contribution in [3.8, 4) is 0 Å². The number of amides is 7. The minimum atomic E-state index is -1.77. The van der Waals surface area contributed by atoms with E-state index in [0.29, 0.717) is 12.8 Å². The highest BCUT2D eigenvalue weighted by Gasteiger charge is 2.37. The second-order valence-corrected chi connectivity index (χ2v) is 12.3. The fourth-order valence-electron chi connectivity index (χ4n) is 3.98. The lowest BCUT2D eigenvalue weighted by atomic mass is 10.0. The smallest absolute Gasteiger partial charge is 0.327 e. The van der Waals surface area contributed by atoms with Crippen molar-refractivity contribution in [1.82, 2.24) is 37.2 Å². The molecule has 21 heteroatoms. The number of carbonyl (C=O) groups excluding carboxylic acids is 7. The van der Waals surface area contributed by atoms with Gasteiger partial charge in [0.05, 0.1) is 12.5 Å². The minimum Gasteiger partial charge on any atom is -0.480 e. The van der Waals surface area contributed by atoms with E-state index < -0.39 is 89.5 Å². The Balaban J connectivity index is 6.06. The number of carbonyl (C=O) groups is 8. The third kappa shape index (κ3) is 17.7. The highest BCUT2D eigenvalue weighted by molar-refractivity contribution is 7.80. The monoisotopic (exact) mass is 734 g/mol. The number of nitrogens with one attached hydrogen (secondary N) is 8. The topological polar surface area (TPSA) is 317 Å². The van der Waals surface area contributed by atoms with E-state index in [1.165, 1.54) is 20.8 Å². The molecule has 0 saturated heterocycles. The summed E-state index contributed by atoms with van der Waals surface area (Å²) < 4.78 is 0. The summed E-state index contributed by atoms with van der Waals surface area (Å²) >= 11 is 7.87. The van der Waals surface area contributed by atoms with E-state index in [4.69, 9.17) is 16.9 Å². The van der Waals surface area contributed by atoms with Gasteiger partial charge in [0.15, 0.2) is 5.96 Å². The van der Waals surface area contributed by atoms with Gasteiger partial charge in [-0.05, 0) is 33.1 Å². The van der Waals surface area contributed by atoms with Crippen LogP contribution in [0.4, 0.5) is 0 Å². The minimum absolute atomic E-state index is 0.0217. The lowest BCUT2D eigenvalue weighted by molar-refractivity contribution is -0.142. The molecule has 0 saturated carbocycles. The van der Waals surface area contributed by atoms with Crippen LogP contribution in [0.5, 0.6) is 0 Å². The molecular weight excluding hydrogens is 685 g/mol. The van der Waals surface area contributed by atoms with E-state index in [-0.39, 0.29) is 43.3 Å². The predicted molar refractivity (Wildman–Crippen MR) is 185 cm³/mol. The van der Waals surface area contributed by atoms with Crippen LogP contribution in [-0.4, -0.2) is 112 Å². The van der Waals surface area contributed by atoms with Gasteiger partial charge in [-0.15, -0.1) is 0 Å². The lowest BCUT2D eigenvalue weighted by Crippen LogP contribution is -2.63. The quantitative estimate of drug-likeness (QED) is 0.0225. The summed E-state index contributed by atoms with van der Waals surface area (Å²) in [6, 6.07) is -6.37. The van der Waals surface area contributed by atoms with Crippen molar-refractivity contribution >= 4 is 78.5 Å². The fourth-order valence-corrected chi connectivity index (χ4v) is 4.39. The summed E-state index contributed by atoms with van der Waals surface area (Å²) in [7, 11) is 0. The highest BCUT2D eigenvalue weighted by atomic mass is 32.1. The average molecular weight is 735 g/mol. The molecule has 0 aliphatic heterocycles. The van der Waals surface area contributed by atoms with Crippen LogP contribution >= 0.6 is 25.3 Å². The molecule has 0 radical (unpaired) electrons. The van der Waals surface area contributed by atoms with Gasteiger partial charge < -0.3 is 48.5 Å². The van der Waals surface area contributed by atoms with Gasteiger partial charge in [0, 0.05) is 25.0 Å². The summed E-state index contributed by atoms with van der Waals surface area (Å²) in [6.45, 7) is 5.77. The molecule has 0 heterocycles. The highest BCUT2D eigenvalue weighted by Crippen LogP contribution is 2.09. The van der Waals surface area contributed by atoms with E-state index in [2.05, 4.69) is 62.5 Å². The number of rotatable bonds is 22. The maximum atomic E-state index is 13.6. The molecule has 0 aliphatic rings. The molecule has 49 heavy (non-hydrogen) atoms. The molecule has 13 N–H and O–H groups in total. The first-order valence-corrected chi connectivity index (χ1v) is 16.7. The molecule has 0 rings (SSSR count). The van der Waals surface area contributed by atoms with E-state index in [1.807, 2.05) is 6.92 Å². The number of nitrogens with two attached hydrogens (primary N) is 2. The second kappa shape index (κ2) is 22.5. The molecule has 278 valence electrons. The number of hydrogen-bond donors (Lipinski definition) is 13. The van der Waals surface area contributed by atoms with Gasteiger partial charge in [0.25, 0.3) is 0 Å². The number of carboxylic acid groups (broad SMARTS) is 1. The Morgan fingerprint density at radius 3 is 1.84 bits per heavy atom. The maximum absolute atomic E-state index is 13.6. The maximum Gasteiger partial charge on any atom is 0.327 e. The molecule has 0 aliphatic carbocycles. The normalized spacial score (nSPS) is 14.0. The number of unbranched alkanes of at least 4 members (excludes halogenated alkanes) is 1. The third-order valence-electron chi connectivity index (χ3n) is 6.75. The van der Waals surface area contributed by atoms with Gasteiger partial charge in [-0.25, -0.2) is 4.79 Å². The number of carboxylic acids is 1. The Morgan fingerprint density at radius 1 is 0.796 bits per heavy atom. The van der Waals surface area contributed by atoms with Crippen molar-refractivity contribution in [2.75, 3.05) is 18.1 Å². The summed E-state index contributed by atoms with van der Waals surface area (Å²) in [5, 5.41) is 33.9. The first kappa shape index (κ1) is 44.9. The van der Waals surface area contributed by atoms with Crippen LogP contribution in [0.1, 0.15) is 66.2 Å².